The summed E-state index contributed by atoms with van der Waals surface area (Å²) in [7, 11) is 0. The van der Waals surface area contributed by atoms with Gasteiger partial charge in [0.05, 0.1) is 0 Å². The summed E-state index contributed by atoms with van der Waals surface area (Å²) in [6, 6.07) is 3.67. The van der Waals surface area contributed by atoms with Crippen molar-refractivity contribution in [3.05, 3.63) is 35.1 Å². The van der Waals surface area contributed by atoms with Crippen LogP contribution in [0.2, 0.25) is 0 Å². The molecule has 0 radical (unpaired) electrons. The molecule has 0 aliphatic carbocycles. The third kappa shape index (κ3) is 2.84. The highest BCUT2D eigenvalue weighted by Gasteiger charge is 1.88. The Bertz CT molecular complexity index is 282. The van der Waals surface area contributed by atoms with E-state index in [-0.39, 0.29) is 0 Å². The molecule has 1 rings (SSSR count). The lowest BCUT2D eigenvalue weighted by atomic mass is 10.5. The topological polar surface area (TPSA) is 42.0 Å². The second-order valence-electron chi connectivity index (χ2n) is 2.00. The highest BCUT2D eigenvalue weighted by atomic mass is 79.9. The fourth-order valence-corrected chi connectivity index (χ4v) is 0.869. The first-order valence-electron chi connectivity index (χ1n) is 3.31. The summed E-state index contributed by atoms with van der Waals surface area (Å²) in [5.74, 6) is 0.705. The van der Waals surface area contributed by atoms with E-state index in [4.69, 9.17) is 0 Å². The Morgan fingerprint density at radius 3 is 2.92 bits per heavy atom. The first-order valence-corrected chi connectivity index (χ1v) is 4.10. The van der Waals surface area contributed by atoms with Crippen LogP contribution in [0.25, 0.3) is 0 Å². The molecule has 0 aliphatic heterocycles. The van der Waals surface area contributed by atoms with Crippen LogP contribution in [0.3, 0.4) is 0 Å². The van der Waals surface area contributed by atoms with Crippen LogP contribution in [0, 0.1) is 0 Å². The van der Waals surface area contributed by atoms with Crippen LogP contribution in [-0.4, -0.2) is 11.3 Å². The molecule has 12 heavy (non-hydrogen) atoms. The lowest BCUT2D eigenvalue weighted by molar-refractivity contribution is -0.104. The molecule has 0 spiro atoms. The minimum Gasteiger partial charge on any atom is -0.347 e. The molecule has 0 saturated heterocycles. The van der Waals surface area contributed by atoms with E-state index in [1.165, 1.54) is 12.3 Å². The van der Waals surface area contributed by atoms with E-state index < -0.39 is 0 Å². The van der Waals surface area contributed by atoms with E-state index >= 15 is 0 Å². The highest BCUT2D eigenvalue weighted by Crippen LogP contribution is 2.09. The molecule has 0 saturated carbocycles. The van der Waals surface area contributed by atoms with E-state index in [1.54, 1.807) is 12.3 Å². The van der Waals surface area contributed by atoms with Gasteiger partial charge in [0, 0.05) is 16.9 Å². The number of aromatic nitrogens is 1. The minimum absolute atomic E-state index is 0.700. The van der Waals surface area contributed by atoms with Crippen molar-refractivity contribution in [1.29, 1.82) is 0 Å². The zero-order chi connectivity index (χ0) is 8.81. The van der Waals surface area contributed by atoms with E-state index in [2.05, 4.69) is 26.2 Å². The van der Waals surface area contributed by atoms with Gasteiger partial charge in [-0.3, -0.25) is 4.79 Å². The summed E-state index contributed by atoms with van der Waals surface area (Å²) in [6.07, 6.45) is 5.27. The van der Waals surface area contributed by atoms with Gasteiger partial charge in [0.25, 0.3) is 0 Å². The monoisotopic (exact) mass is 226 g/mol. The van der Waals surface area contributed by atoms with Gasteiger partial charge >= 0.3 is 0 Å². The fraction of sp³-hybridized carbons (Fsp3) is 0. The number of halogens is 1. The molecule has 0 aromatic carbocycles. The summed E-state index contributed by atoms with van der Waals surface area (Å²) < 4.78 is 0.924. The second-order valence-corrected chi connectivity index (χ2v) is 2.92. The molecule has 1 aromatic heterocycles. The first kappa shape index (κ1) is 8.93. The average Bonchev–Trinajstić information content (AvgIpc) is 2.09. The number of aldehydes is 1. The Balaban J connectivity index is 2.58. The molecule has 1 heterocycles. The van der Waals surface area contributed by atoms with Crippen molar-refractivity contribution < 1.29 is 4.79 Å². The van der Waals surface area contributed by atoms with E-state index in [9.17, 15) is 4.79 Å². The number of hydrogen-bond donors (Lipinski definition) is 1. The van der Waals surface area contributed by atoms with Crippen LogP contribution in [-0.2, 0) is 4.79 Å². The van der Waals surface area contributed by atoms with E-state index in [1.807, 2.05) is 6.07 Å². The number of carbonyl (C=O) groups is 1. The molecule has 0 bridgehead atoms. The summed E-state index contributed by atoms with van der Waals surface area (Å²) in [6.45, 7) is 0. The molecule has 62 valence electrons. The summed E-state index contributed by atoms with van der Waals surface area (Å²) in [5, 5.41) is 2.83. The van der Waals surface area contributed by atoms with Crippen LogP contribution < -0.4 is 5.32 Å². The Hall–Kier alpha value is -1.16. The van der Waals surface area contributed by atoms with Gasteiger partial charge < -0.3 is 5.32 Å². The molecule has 0 unspecified atom stereocenters. The van der Waals surface area contributed by atoms with Gasteiger partial charge in [-0.1, -0.05) is 0 Å². The zero-order valence-electron chi connectivity index (χ0n) is 6.20. The standard InChI is InChI=1S/C8H7BrN2O/c9-7-2-3-8(11-6-7)10-4-1-5-12/h1-6H,(H,10,11)/b4-1+. The van der Waals surface area contributed by atoms with Gasteiger partial charge in [-0.05, 0) is 34.1 Å². The Morgan fingerprint density at radius 1 is 1.50 bits per heavy atom. The van der Waals surface area contributed by atoms with Crippen LogP contribution in [0.5, 0.6) is 0 Å². The smallest absolute Gasteiger partial charge is 0.144 e. The average molecular weight is 227 g/mol. The zero-order valence-corrected chi connectivity index (χ0v) is 7.78. The van der Waals surface area contributed by atoms with Gasteiger partial charge in [0.2, 0.25) is 0 Å². The predicted octanol–water partition coefficient (Wildman–Crippen LogP) is 1.97. The fourth-order valence-electron chi connectivity index (χ4n) is 0.634. The predicted molar refractivity (Wildman–Crippen MR) is 50.8 cm³/mol. The lowest BCUT2D eigenvalue weighted by Crippen LogP contribution is -1.89. The maximum Gasteiger partial charge on any atom is 0.144 e. The Kier molecular flexibility index (Phi) is 3.47. The van der Waals surface area contributed by atoms with Crippen molar-refractivity contribution in [2.24, 2.45) is 0 Å². The van der Waals surface area contributed by atoms with Crippen molar-refractivity contribution in [3.8, 4) is 0 Å². The molecule has 0 aliphatic rings. The van der Waals surface area contributed by atoms with Gasteiger partial charge in [-0.25, -0.2) is 4.98 Å². The number of nitrogens with zero attached hydrogens (tertiary/aromatic N) is 1. The van der Waals surface area contributed by atoms with Crippen LogP contribution in [0.15, 0.2) is 35.1 Å². The molecular weight excluding hydrogens is 220 g/mol. The van der Waals surface area contributed by atoms with Crippen molar-refractivity contribution >= 4 is 28.0 Å². The molecule has 1 N–H and O–H groups in total. The minimum atomic E-state index is 0.700. The van der Waals surface area contributed by atoms with Gasteiger partial charge in [0.1, 0.15) is 12.1 Å². The van der Waals surface area contributed by atoms with Crippen molar-refractivity contribution in [1.82, 2.24) is 4.98 Å². The van der Waals surface area contributed by atoms with Gasteiger partial charge in [-0.2, -0.15) is 0 Å². The summed E-state index contributed by atoms with van der Waals surface area (Å²) in [4.78, 5) is 13.9. The molecule has 4 heteroatoms. The summed E-state index contributed by atoms with van der Waals surface area (Å²) in [5.41, 5.74) is 0. The number of anilines is 1. The second kappa shape index (κ2) is 4.66. The van der Waals surface area contributed by atoms with Crippen molar-refractivity contribution in [2.75, 3.05) is 5.32 Å². The highest BCUT2D eigenvalue weighted by molar-refractivity contribution is 9.10. The quantitative estimate of drug-likeness (QED) is 0.634. The molecule has 0 amide bonds. The van der Waals surface area contributed by atoms with E-state index in [0.29, 0.717) is 12.1 Å². The maximum absolute atomic E-state index is 9.89. The third-order valence-electron chi connectivity index (χ3n) is 1.13. The maximum atomic E-state index is 9.89. The number of nitrogens with one attached hydrogen (secondary N) is 1. The van der Waals surface area contributed by atoms with Crippen molar-refractivity contribution in [3.63, 3.8) is 0 Å². The molecule has 0 atom stereocenters. The normalized spacial score (nSPS) is 10.1. The SMILES string of the molecule is O=C/C=C/Nc1ccc(Br)cn1. The number of carbonyl (C=O) groups excluding carboxylic acids is 1. The lowest BCUT2D eigenvalue weighted by Gasteiger charge is -1.97. The molecule has 3 nitrogen and oxygen atoms in total. The van der Waals surface area contributed by atoms with Crippen molar-refractivity contribution in [2.45, 2.75) is 0 Å². The molecule has 0 fully saturated rings. The molecule has 1 aromatic rings. The number of hydrogen-bond acceptors (Lipinski definition) is 3. The third-order valence-corrected chi connectivity index (χ3v) is 1.60. The number of pyridine rings is 1. The summed E-state index contributed by atoms with van der Waals surface area (Å²) >= 11 is 3.26. The van der Waals surface area contributed by atoms with E-state index in [0.717, 1.165) is 4.47 Å². The first-order chi connectivity index (χ1) is 5.83. The van der Waals surface area contributed by atoms with Crippen LogP contribution >= 0.6 is 15.9 Å². The Morgan fingerprint density at radius 2 is 2.33 bits per heavy atom. The number of rotatable bonds is 3. The van der Waals surface area contributed by atoms with Gasteiger partial charge in [0.15, 0.2) is 0 Å². The number of allylic oxidation sites excluding steroid dienone is 1. The van der Waals surface area contributed by atoms with Crippen LogP contribution in [0.1, 0.15) is 0 Å². The van der Waals surface area contributed by atoms with Crippen LogP contribution in [0.4, 0.5) is 5.82 Å². The Labute approximate surface area is 78.6 Å². The largest absolute Gasteiger partial charge is 0.347 e. The van der Waals surface area contributed by atoms with Gasteiger partial charge in [-0.15, -0.1) is 0 Å². The molecular formula is C8H7BrN2O.